The Morgan fingerprint density at radius 3 is 1.14 bits per heavy atom. The quantitative estimate of drug-likeness (QED) is 0.167. The molecule has 0 aliphatic heterocycles. The average molecular weight is 459 g/mol. The molecule has 4 aromatic carbocycles. The zero-order chi connectivity index (χ0) is 24.3. The molecule has 0 saturated heterocycles. The van der Waals surface area contributed by atoms with Gasteiger partial charge in [-0.15, -0.1) is 0 Å². The Labute approximate surface area is 206 Å². The SMILES string of the molecule is O=C(OC(=O)C(=Cc1ccccc1)Cc1ccccc1)C(=Cc1ccccc1)Cc1ccccc1. The van der Waals surface area contributed by atoms with Crippen LogP contribution in [0.4, 0.5) is 0 Å². The van der Waals surface area contributed by atoms with Crippen LogP contribution in [0.1, 0.15) is 22.3 Å². The molecule has 172 valence electrons. The standard InChI is InChI=1S/C32H26O3/c33-31(29(21-25-13-5-1-6-14-25)22-26-15-7-2-8-16-26)35-32(34)30(23-27-17-9-3-10-18-27)24-28-19-11-4-12-20-28/h1-21,23H,22,24H2. The summed E-state index contributed by atoms with van der Waals surface area (Å²) in [6, 6.07) is 38.4. The molecule has 4 aromatic rings. The highest BCUT2D eigenvalue weighted by atomic mass is 16.6. The molecule has 0 atom stereocenters. The molecule has 0 bridgehead atoms. The van der Waals surface area contributed by atoms with E-state index in [1.165, 1.54) is 0 Å². The molecule has 4 rings (SSSR count). The van der Waals surface area contributed by atoms with E-state index in [1.807, 2.05) is 121 Å². The maximum atomic E-state index is 13.2. The number of carbonyl (C=O) groups excluding carboxylic acids is 2. The molecule has 35 heavy (non-hydrogen) atoms. The summed E-state index contributed by atoms with van der Waals surface area (Å²) in [5.74, 6) is -1.29. The van der Waals surface area contributed by atoms with E-state index in [1.54, 1.807) is 12.2 Å². The van der Waals surface area contributed by atoms with E-state index in [4.69, 9.17) is 4.74 Å². The fourth-order valence-electron chi connectivity index (χ4n) is 3.71. The summed E-state index contributed by atoms with van der Waals surface area (Å²) >= 11 is 0. The molecule has 0 aromatic heterocycles. The monoisotopic (exact) mass is 458 g/mol. The smallest absolute Gasteiger partial charge is 0.342 e. The zero-order valence-electron chi connectivity index (χ0n) is 19.3. The number of benzene rings is 4. The van der Waals surface area contributed by atoms with Gasteiger partial charge >= 0.3 is 11.9 Å². The number of rotatable bonds is 8. The van der Waals surface area contributed by atoms with Gasteiger partial charge in [0.1, 0.15) is 0 Å². The molecule has 0 saturated carbocycles. The molecular weight excluding hydrogens is 432 g/mol. The Morgan fingerprint density at radius 2 is 0.800 bits per heavy atom. The summed E-state index contributed by atoms with van der Waals surface area (Å²) < 4.78 is 5.45. The van der Waals surface area contributed by atoms with Crippen molar-refractivity contribution in [3.8, 4) is 0 Å². The minimum Gasteiger partial charge on any atom is -0.386 e. The van der Waals surface area contributed by atoms with Crippen molar-refractivity contribution in [2.45, 2.75) is 12.8 Å². The minimum absolute atomic E-state index is 0.359. The lowest BCUT2D eigenvalue weighted by Gasteiger charge is -2.11. The Balaban J connectivity index is 1.60. The first-order valence-corrected chi connectivity index (χ1v) is 11.5. The lowest BCUT2D eigenvalue weighted by atomic mass is 10.0. The Morgan fingerprint density at radius 1 is 0.486 bits per heavy atom. The molecule has 0 heterocycles. The van der Waals surface area contributed by atoms with E-state index in [0.29, 0.717) is 24.0 Å². The van der Waals surface area contributed by atoms with Gasteiger partial charge in [0, 0.05) is 24.0 Å². The highest BCUT2D eigenvalue weighted by Crippen LogP contribution is 2.18. The van der Waals surface area contributed by atoms with E-state index >= 15 is 0 Å². The zero-order valence-corrected chi connectivity index (χ0v) is 19.3. The van der Waals surface area contributed by atoms with E-state index in [9.17, 15) is 9.59 Å². The molecule has 0 radical (unpaired) electrons. The van der Waals surface area contributed by atoms with Crippen LogP contribution < -0.4 is 0 Å². The highest BCUT2D eigenvalue weighted by Gasteiger charge is 2.20. The summed E-state index contributed by atoms with van der Waals surface area (Å²) in [5.41, 5.74) is 4.48. The molecule has 0 N–H and O–H groups in total. The van der Waals surface area contributed by atoms with Gasteiger partial charge in [-0.05, 0) is 34.4 Å². The van der Waals surface area contributed by atoms with Gasteiger partial charge in [-0.1, -0.05) is 121 Å². The van der Waals surface area contributed by atoms with Gasteiger partial charge in [-0.3, -0.25) is 0 Å². The van der Waals surface area contributed by atoms with Crippen molar-refractivity contribution in [1.29, 1.82) is 0 Å². The van der Waals surface area contributed by atoms with Gasteiger partial charge in [0.15, 0.2) is 0 Å². The van der Waals surface area contributed by atoms with Crippen LogP contribution in [0.3, 0.4) is 0 Å². The summed E-state index contributed by atoms with van der Waals surface area (Å²) in [4.78, 5) is 26.5. The summed E-state index contributed by atoms with van der Waals surface area (Å²) in [7, 11) is 0. The molecule has 0 spiro atoms. The van der Waals surface area contributed by atoms with Crippen LogP contribution in [0.2, 0.25) is 0 Å². The van der Waals surface area contributed by atoms with Crippen molar-refractivity contribution < 1.29 is 14.3 Å². The van der Waals surface area contributed by atoms with Crippen LogP contribution in [0.25, 0.3) is 12.2 Å². The van der Waals surface area contributed by atoms with E-state index in [0.717, 1.165) is 22.3 Å². The largest absolute Gasteiger partial charge is 0.386 e. The number of esters is 2. The summed E-state index contributed by atoms with van der Waals surface area (Å²) in [5, 5.41) is 0. The first-order valence-electron chi connectivity index (χ1n) is 11.5. The number of hydrogen-bond donors (Lipinski definition) is 0. The topological polar surface area (TPSA) is 43.4 Å². The highest BCUT2D eigenvalue weighted by molar-refractivity contribution is 6.06. The second-order valence-electron chi connectivity index (χ2n) is 8.16. The second kappa shape index (κ2) is 12.1. The van der Waals surface area contributed by atoms with Gasteiger partial charge in [-0.2, -0.15) is 0 Å². The van der Waals surface area contributed by atoms with E-state index < -0.39 is 11.9 Å². The van der Waals surface area contributed by atoms with Crippen molar-refractivity contribution in [2.75, 3.05) is 0 Å². The summed E-state index contributed by atoms with van der Waals surface area (Å²) in [6.07, 6.45) is 4.28. The van der Waals surface area contributed by atoms with Gasteiger partial charge in [0.05, 0.1) is 0 Å². The fourth-order valence-corrected chi connectivity index (χ4v) is 3.71. The lowest BCUT2D eigenvalue weighted by Crippen LogP contribution is -2.18. The predicted molar refractivity (Wildman–Crippen MR) is 140 cm³/mol. The molecule has 0 unspecified atom stereocenters. The van der Waals surface area contributed by atoms with Crippen LogP contribution in [-0.4, -0.2) is 11.9 Å². The third-order valence-corrected chi connectivity index (χ3v) is 5.47. The molecule has 0 fully saturated rings. The van der Waals surface area contributed by atoms with Crippen LogP contribution in [0.15, 0.2) is 132 Å². The van der Waals surface area contributed by atoms with Gasteiger partial charge < -0.3 is 4.74 Å². The maximum Gasteiger partial charge on any atom is 0.342 e. The number of hydrogen-bond acceptors (Lipinski definition) is 3. The van der Waals surface area contributed by atoms with E-state index in [-0.39, 0.29) is 0 Å². The Kier molecular flexibility index (Phi) is 8.18. The van der Waals surface area contributed by atoms with Crippen molar-refractivity contribution >= 4 is 24.1 Å². The first-order chi connectivity index (χ1) is 17.2. The fraction of sp³-hybridized carbons (Fsp3) is 0.0625. The average Bonchev–Trinajstić information content (AvgIpc) is 2.90. The van der Waals surface area contributed by atoms with Crippen LogP contribution >= 0.6 is 0 Å². The normalized spacial score (nSPS) is 11.7. The lowest BCUT2D eigenvalue weighted by molar-refractivity contribution is -0.154. The third-order valence-electron chi connectivity index (χ3n) is 5.47. The Hall–Kier alpha value is -4.50. The van der Waals surface area contributed by atoms with Crippen molar-refractivity contribution in [2.24, 2.45) is 0 Å². The van der Waals surface area contributed by atoms with Crippen molar-refractivity contribution in [3.63, 3.8) is 0 Å². The summed E-state index contributed by atoms with van der Waals surface area (Å²) in [6.45, 7) is 0. The van der Waals surface area contributed by atoms with Gasteiger partial charge in [0.25, 0.3) is 0 Å². The molecule has 0 aliphatic rings. The predicted octanol–water partition coefficient (Wildman–Crippen LogP) is 6.71. The number of carbonyl (C=O) groups is 2. The third kappa shape index (κ3) is 7.24. The van der Waals surface area contributed by atoms with E-state index in [2.05, 4.69) is 0 Å². The molecule has 3 heteroatoms. The van der Waals surface area contributed by atoms with Gasteiger partial charge in [0.2, 0.25) is 0 Å². The molecule has 0 aliphatic carbocycles. The minimum atomic E-state index is -0.644. The molecule has 3 nitrogen and oxygen atoms in total. The molecule has 0 amide bonds. The first kappa shape index (κ1) is 23.7. The second-order valence-corrected chi connectivity index (χ2v) is 8.16. The van der Waals surface area contributed by atoms with Gasteiger partial charge in [-0.25, -0.2) is 9.59 Å². The Bertz CT molecular complexity index is 1200. The van der Waals surface area contributed by atoms with Crippen molar-refractivity contribution in [3.05, 3.63) is 155 Å². The maximum absolute atomic E-state index is 13.2. The van der Waals surface area contributed by atoms with Crippen molar-refractivity contribution in [1.82, 2.24) is 0 Å². The van der Waals surface area contributed by atoms with Crippen LogP contribution in [-0.2, 0) is 27.2 Å². The van der Waals surface area contributed by atoms with Crippen LogP contribution in [0, 0.1) is 0 Å². The number of ether oxygens (including phenoxy) is 1. The molecular formula is C32H26O3. The van der Waals surface area contributed by atoms with Crippen LogP contribution in [0.5, 0.6) is 0 Å².